The van der Waals surface area contributed by atoms with Gasteiger partial charge >= 0.3 is 0 Å². The molecule has 4 aromatic rings. The molecule has 0 bridgehead atoms. The van der Waals surface area contributed by atoms with Crippen molar-refractivity contribution in [1.82, 2.24) is 30.0 Å². The number of carbonyl (C=O) groups excluding carboxylic acids is 1. The number of ether oxygens (including phenoxy) is 1. The van der Waals surface area contributed by atoms with Gasteiger partial charge in [0.05, 0.1) is 11.9 Å². The first kappa shape index (κ1) is 20.1. The summed E-state index contributed by atoms with van der Waals surface area (Å²) in [5, 5.41) is 12.2. The third kappa shape index (κ3) is 4.42. The fourth-order valence-electron chi connectivity index (χ4n) is 3.71. The highest BCUT2D eigenvalue weighted by Gasteiger charge is 2.16. The zero-order chi connectivity index (χ0) is 21.9. The molecule has 5 rings (SSSR count). The number of carbonyl (C=O) groups is 1. The van der Waals surface area contributed by atoms with Crippen LogP contribution >= 0.6 is 0 Å². The summed E-state index contributed by atoms with van der Waals surface area (Å²) in [6, 6.07) is 7.13. The van der Waals surface area contributed by atoms with Crippen molar-refractivity contribution in [3.8, 4) is 17.1 Å². The molecule has 1 aliphatic heterocycles. The maximum atomic E-state index is 12.8. The van der Waals surface area contributed by atoms with Gasteiger partial charge in [0.2, 0.25) is 5.88 Å². The summed E-state index contributed by atoms with van der Waals surface area (Å²) < 4.78 is 7.68. The molecule has 9 heteroatoms. The zero-order valence-corrected chi connectivity index (χ0v) is 17.7. The summed E-state index contributed by atoms with van der Waals surface area (Å²) in [6.07, 6.45) is 10.7. The second kappa shape index (κ2) is 8.72. The van der Waals surface area contributed by atoms with Crippen LogP contribution in [-0.2, 0) is 7.05 Å². The molecule has 0 unspecified atom stereocenters. The van der Waals surface area contributed by atoms with E-state index in [1.165, 1.54) is 0 Å². The third-order valence-electron chi connectivity index (χ3n) is 5.42. The maximum Gasteiger partial charge on any atom is 0.257 e. The van der Waals surface area contributed by atoms with Gasteiger partial charge in [-0.25, -0.2) is 9.97 Å². The highest BCUT2D eigenvalue weighted by atomic mass is 16.5. The number of aryl methyl sites for hydroxylation is 1. The van der Waals surface area contributed by atoms with Crippen molar-refractivity contribution in [2.75, 3.05) is 18.4 Å². The Bertz CT molecular complexity index is 1260. The quantitative estimate of drug-likeness (QED) is 0.502. The predicted molar refractivity (Wildman–Crippen MR) is 120 cm³/mol. The van der Waals surface area contributed by atoms with E-state index in [4.69, 9.17) is 4.74 Å². The van der Waals surface area contributed by atoms with Crippen LogP contribution in [0.4, 0.5) is 5.82 Å². The number of hydrogen-bond donors (Lipinski definition) is 2. The van der Waals surface area contributed by atoms with E-state index in [1.807, 2.05) is 25.4 Å². The SMILES string of the molecule is Cn1cc(-c2cc3cc(NC(=O)c4ccnc(OC5CCNCC5)c4)ncc3cn2)cn1. The lowest BCUT2D eigenvalue weighted by atomic mass is 10.1. The first-order valence-electron chi connectivity index (χ1n) is 10.5. The highest BCUT2D eigenvalue weighted by Crippen LogP contribution is 2.23. The fourth-order valence-corrected chi connectivity index (χ4v) is 3.71. The van der Waals surface area contributed by atoms with Crippen LogP contribution in [0.5, 0.6) is 5.88 Å². The fraction of sp³-hybridized carbons (Fsp3) is 0.261. The van der Waals surface area contributed by atoms with Crippen LogP contribution < -0.4 is 15.4 Å². The summed E-state index contributed by atoms with van der Waals surface area (Å²) >= 11 is 0. The Balaban J connectivity index is 1.33. The highest BCUT2D eigenvalue weighted by molar-refractivity contribution is 6.04. The molecule has 0 spiro atoms. The van der Waals surface area contributed by atoms with Gasteiger partial charge in [-0.15, -0.1) is 0 Å². The smallest absolute Gasteiger partial charge is 0.257 e. The molecule has 0 atom stereocenters. The van der Waals surface area contributed by atoms with Gasteiger partial charge in [-0.2, -0.15) is 5.10 Å². The molecule has 9 nitrogen and oxygen atoms in total. The number of rotatable bonds is 5. The molecule has 0 aromatic carbocycles. The van der Waals surface area contributed by atoms with E-state index >= 15 is 0 Å². The van der Waals surface area contributed by atoms with E-state index in [1.54, 1.807) is 41.6 Å². The summed E-state index contributed by atoms with van der Waals surface area (Å²) in [6.45, 7) is 1.85. The number of nitrogens with zero attached hydrogens (tertiary/aromatic N) is 5. The Labute approximate surface area is 184 Å². The van der Waals surface area contributed by atoms with Crippen LogP contribution in [0.25, 0.3) is 22.0 Å². The van der Waals surface area contributed by atoms with Gasteiger partial charge in [-0.1, -0.05) is 0 Å². The Morgan fingerprint density at radius 2 is 1.94 bits per heavy atom. The molecule has 2 N–H and O–H groups in total. The van der Waals surface area contributed by atoms with Crippen LogP contribution in [0.2, 0.25) is 0 Å². The topological polar surface area (TPSA) is 107 Å². The van der Waals surface area contributed by atoms with Crippen LogP contribution in [0.1, 0.15) is 23.2 Å². The van der Waals surface area contributed by atoms with Crippen molar-refractivity contribution in [3.63, 3.8) is 0 Å². The van der Waals surface area contributed by atoms with Gasteiger partial charge in [-0.05, 0) is 49.5 Å². The number of amides is 1. The van der Waals surface area contributed by atoms with E-state index in [-0.39, 0.29) is 12.0 Å². The predicted octanol–water partition coefficient (Wildman–Crippen LogP) is 2.81. The largest absolute Gasteiger partial charge is 0.474 e. The molecule has 32 heavy (non-hydrogen) atoms. The molecule has 4 aromatic heterocycles. The van der Waals surface area contributed by atoms with Crippen LogP contribution in [-0.4, -0.2) is 49.8 Å². The lowest BCUT2D eigenvalue weighted by Gasteiger charge is -2.23. The molecule has 0 saturated carbocycles. The lowest BCUT2D eigenvalue weighted by Crippen LogP contribution is -2.34. The van der Waals surface area contributed by atoms with Gasteiger partial charge < -0.3 is 15.4 Å². The van der Waals surface area contributed by atoms with Gasteiger partial charge in [0, 0.05) is 54.4 Å². The first-order valence-corrected chi connectivity index (χ1v) is 10.5. The third-order valence-corrected chi connectivity index (χ3v) is 5.42. The van der Waals surface area contributed by atoms with Gasteiger partial charge in [0.1, 0.15) is 11.9 Å². The number of aromatic nitrogens is 5. The number of pyridine rings is 3. The van der Waals surface area contributed by atoms with E-state index in [2.05, 4.69) is 30.7 Å². The van der Waals surface area contributed by atoms with E-state index < -0.39 is 0 Å². The molecule has 1 saturated heterocycles. The minimum atomic E-state index is -0.268. The van der Waals surface area contributed by atoms with Gasteiger partial charge in [0.25, 0.3) is 5.91 Å². The van der Waals surface area contributed by atoms with E-state index in [9.17, 15) is 4.79 Å². The molecule has 1 aliphatic rings. The average molecular weight is 429 g/mol. The van der Waals surface area contributed by atoms with E-state index in [0.717, 1.165) is 48.0 Å². The Hall–Kier alpha value is -3.85. The monoisotopic (exact) mass is 429 g/mol. The average Bonchev–Trinajstić information content (AvgIpc) is 3.26. The molecular weight excluding hydrogens is 406 g/mol. The summed E-state index contributed by atoms with van der Waals surface area (Å²) in [4.78, 5) is 25.9. The van der Waals surface area contributed by atoms with Gasteiger partial charge in [0.15, 0.2) is 0 Å². The standard InChI is InChI=1S/C23H23N7O2/c1-30-14-18(13-28-30)20-8-16-9-21(27-12-17(16)11-26-20)29-23(31)15-2-7-25-22(10-15)32-19-3-5-24-6-4-19/h2,7-14,19,24H,3-6H2,1H3,(H,27,29,31). The molecule has 0 aliphatic carbocycles. The summed E-state index contributed by atoms with van der Waals surface area (Å²) in [5.74, 6) is 0.655. The second-order valence-electron chi connectivity index (χ2n) is 7.79. The van der Waals surface area contributed by atoms with E-state index in [0.29, 0.717) is 17.3 Å². The molecule has 5 heterocycles. The van der Waals surface area contributed by atoms with Crippen molar-refractivity contribution in [2.24, 2.45) is 7.05 Å². The maximum absolute atomic E-state index is 12.8. The van der Waals surface area contributed by atoms with Crippen molar-refractivity contribution in [2.45, 2.75) is 18.9 Å². The molecule has 0 radical (unpaired) electrons. The van der Waals surface area contributed by atoms with Crippen molar-refractivity contribution < 1.29 is 9.53 Å². The molecule has 1 amide bonds. The Morgan fingerprint density at radius 3 is 2.75 bits per heavy atom. The Morgan fingerprint density at radius 1 is 1.09 bits per heavy atom. The van der Waals surface area contributed by atoms with Crippen LogP contribution in [0.3, 0.4) is 0 Å². The van der Waals surface area contributed by atoms with Crippen LogP contribution in [0, 0.1) is 0 Å². The Kier molecular flexibility index (Phi) is 5.47. The van der Waals surface area contributed by atoms with Gasteiger partial charge in [-0.3, -0.25) is 14.5 Å². The first-order chi connectivity index (χ1) is 15.6. The zero-order valence-electron chi connectivity index (χ0n) is 17.7. The normalized spacial score (nSPS) is 14.4. The summed E-state index contributed by atoms with van der Waals surface area (Å²) in [7, 11) is 1.87. The van der Waals surface area contributed by atoms with Crippen LogP contribution in [0.15, 0.2) is 55.2 Å². The molecule has 1 fully saturated rings. The van der Waals surface area contributed by atoms with Crippen molar-refractivity contribution in [1.29, 1.82) is 0 Å². The number of anilines is 1. The number of hydrogen-bond acceptors (Lipinski definition) is 7. The number of fused-ring (bicyclic) bond motifs is 1. The number of piperidine rings is 1. The van der Waals surface area contributed by atoms with Crippen molar-refractivity contribution >= 4 is 22.5 Å². The summed E-state index contributed by atoms with van der Waals surface area (Å²) in [5.41, 5.74) is 2.20. The minimum Gasteiger partial charge on any atom is -0.474 e. The lowest BCUT2D eigenvalue weighted by molar-refractivity contribution is 0.102. The molecule has 162 valence electrons. The van der Waals surface area contributed by atoms with Crippen molar-refractivity contribution in [3.05, 3.63) is 60.8 Å². The number of nitrogens with one attached hydrogen (secondary N) is 2. The molecular formula is C23H23N7O2. The minimum absolute atomic E-state index is 0.117. The second-order valence-corrected chi connectivity index (χ2v) is 7.79.